The van der Waals surface area contributed by atoms with Crippen molar-refractivity contribution in [3.8, 4) is 0 Å². The average Bonchev–Trinajstić information content (AvgIpc) is 2.85. The van der Waals surface area contributed by atoms with Crippen LogP contribution in [0.5, 0.6) is 0 Å². The van der Waals surface area contributed by atoms with Crippen molar-refractivity contribution in [1.82, 2.24) is 10.6 Å². The third-order valence-corrected chi connectivity index (χ3v) is 6.10. The molecule has 0 aromatic carbocycles. The fourth-order valence-electron chi connectivity index (χ4n) is 3.33. The SMILES string of the molecule is CN=C(NCC(C)(C)SC)NC1C2CCOC2C1(C)C.I. The van der Waals surface area contributed by atoms with Crippen LogP contribution >= 0.6 is 35.7 Å². The van der Waals surface area contributed by atoms with Crippen LogP contribution in [0.4, 0.5) is 0 Å². The Balaban J connectivity index is 0.00000220. The molecule has 1 saturated heterocycles. The van der Waals surface area contributed by atoms with Gasteiger partial charge in [0.25, 0.3) is 0 Å². The summed E-state index contributed by atoms with van der Waals surface area (Å²) < 4.78 is 6.05. The van der Waals surface area contributed by atoms with Gasteiger partial charge in [-0.3, -0.25) is 4.99 Å². The second-order valence-electron chi connectivity index (χ2n) is 7.08. The lowest BCUT2D eigenvalue weighted by Crippen LogP contribution is -2.68. The quantitative estimate of drug-likeness (QED) is 0.412. The Kier molecular flexibility index (Phi) is 6.69. The van der Waals surface area contributed by atoms with E-state index in [0.717, 1.165) is 19.1 Å². The van der Waals surface area contributed by atoms with Gasteiger partial charge < -0.3 is 15.4 Å². The number of fused-ring (bicyclic) bond motifs is 1. The molecule has 2 fully saturated rings. The standard InChI is InChI=1S/C15H29N3OS.HI/c1-14(2,20-6)9-17-13(16-5)18-11-10-7-8-19-12(10)15(11,3)4;/h10-12H,7-9H2,1-6H3,(H2,16,17,18);1H. The number of aliphatic imine (C=N–C) groups is 1. The molecule has 0 bridgehead atoms. The lowest BCUT2D eigenvalue weighted by atomic mass is 9.57. The van der Waals surface area contributed by atoms with Crippen LogP contribution < -0.4 is 10.6 Å². The molecule has 3 atom stereocenters. The molecule has 0 aromatic heterocycles. The van der Waals surface area contributed by atoms with E-state index in [9.17, 15) is 0 Å². The van der Waals surface area contributed by atoms with Gasteiger partial charge in [-0.25, -0.2) is 0 Å². The van der Waals surface area contributed by atoms with Gasteiger partial charge in [-0.1, -0.05) is 13.8 Å². The van der Waals surface area contributed by atoms with Crippen molar-refractivity contribution in [3.05, 3.63) is 0 Å². The Morgan fingerprint density at radius 3 is 2.67 bits per heavy atom. The lowest BCUT2D eigenvalue weighted by molar-refractivity contribution is -0.106. The summed E-state index contributed by atoms with van der Waals surface area (Å²) in [4.78, 5) is 4.37. The highest BCUT2D eigenvalue weighted by Crippen LogP contribution is 2.52. The van der Waals surface area contributed by atoms with Gasteiger partial charge in [0.1, 0.15) is 0 Å². The topological polar surface area (TPSA) is 45.7 Å². The monoisotopic (exact) mass is 427 g/mol. The summed E-state index contributed by atoms with van der Waals surface area (Å²) in [5.41, 5.74) is 0.188. The third kappa shape index (κ3) is 3.99. The molecular weight excluding hydrogens is 397 g/mol. The maximum absolute atomic E-state index is 5.84. The summed E-state index contributed by atoms with van der Waals surface area (Å²) in [7, 11) is 1.84. The van der Waals surface area contributed by atoms with Crippen LogP contribution in [0.25, 0.3) is 0 Å². The van der Waals surface area contributed by atoms with Gasteiger partial charge in [0.05, 0.1) is 6.10 Å². The van der Waals surface area contributed by atoms with Crippen molar-refractivity contribution < 1.29 is 4.74 Å². The van der Waals surface area contributed by atoms with Crippen molar-refractivity contribution in [2.75, 3.05) is 26.5 Å². The molecule has 124 valence electrons. The normalized spacial score (nSPS) is 31.0. The van der Waals surface area contributed by atoms with E-state index < -0.39 is 0 Å². The zero-order valence-corrected chi connectivity index (χ0v) is 17.2. The predicted molar refractivity (Wildman–Crippen MR) is 103 cm³/mol. The first-order chi connectivity index (χ1) is 9.31. The Morgan fingerprint density at radius 1 is 1.43 bits per heavy atom. The summed E-state index contributed by atoms with van der Waals surface area (Å²) in [5, 5.41) is 7.07. The number of ether oxygens (including phenoxy) is 1. The number of guanidine groups is 1. The minimum Gasteiger partial charge on any atom is -0.377 e. The van der Waals surface area contributed by atoms with Gasteiger partial charge in [0.2, 0.25) is 0 Å². The van der Waals surface area contributed by atoms with Gasteiger partial charge in [-0.05, 0) is 26.5 Å². The Bertz CT molecular complexity index is 387. The first-order valence-electron chi connectivity index (χ1n) is 7.46. The highest BCUT2D eigenvalue weighted by Gasteiger charge is 2.59. The highest BCUT2D eigenvalue weighted by molar-refractivity contribution is 14.0. The fraction of sp³-hybridized carbons (Fsp3) is 0.933. The Labute approximate surface area is 150 Å². The molecule has 2 N–H and O–H groups in total. The van der Waals surface area contributed by atoms with Crippen LogP contribution in [0.1, 0.15) is 34.1 Å². The summed E-state index contributed by atoms with van der Waals surface area (Å²) >= 11 is 1.87. The van der Waals surface area contributed by atoms with Crippen LogP contribution in [0.3, 0.4) is 0 Å². The molecule has 0 aromatic rings. The number of nitrogens with zero attached hydrogens (tertiary/aromatic N) is 1. The van der Waals surface area contributed by atoms with E-state index in [4.69, 9.17) is 4.74 Å². The molecule has 2 aliphatic rings. The zero-order valence-electron chi connectivity index (χ0n) is 14.0. The molecule has 1 heterocycles. The Morgan fingerprint density at radius 2 is 2.10 bits per heavy atom. The van der Waals surface area contributed by atoms with E-state index in [1.54, 1.807) is 0 Å². The van der Waals surface area contributed by atoms with Crippen LogP contribution in [0.2, 0.25) is 0 Å². The van der Waals surface area contributed by atoms with Crippen molar-refractivity contribution in [1.29, 1.82) is 0 Å². The van der Waals surface area contributed by atoms with E-state index in [2.05, 4.69) is 49.6 Å². The molecule has 4 nitrogen and oxygen atoms in total. The van der Waals surface area contributed by atoms with E-state index in [-0.39, 0.29) is 34.1 Å². The van der Waals surface area contributed by atoms with Crippen LogP contribution in [-0.2, 0) is 4.74 Å². The minimum absolute atomic E-state index is 0. The van der Waals surface area contributed by atoms with E-state index in [1.807, 2.05) is 18.8 Å². The van der Waals surface area contributed by atoms with Gasteiger partial charge in [0.15, 0.2) is 5.96 Å². The van der Waals surface area contributed by atoms with Crippen molar-refractivity contribution in [3.63, 3.8) is 0 Å². The molecule has 0 radical (unpaired) electrons. The first-order valence-corrected chi connectivity index (χ1v) is 8.68. The number of rotatable bonds is 4. The molecular formula is C15H30IN3OS. The molecule has 0 spiro atoms. The molecule has 2 rings (SSSR count). The van der Waals surface area contributed by atoms with Crippen LogP contribution in [0, 0.1) is 11.3 Å². The second-order valence-corrected chi connectivity index (χ2v) is 8.59. The molecule has 3 unspecified atom stereocenters. The van der Waals surface area contributed by atoms with E-state index in [1.165, 1.54) is 6.42 Å². The largest absolute Gasteiger partial charge is 0.377 e. The molecule has 1 aliphatic heterocycles. The van der Waals surface area contributed by atoms with Gasteiger partial charge in [0, 0.05) is 42.3 Å². The third-order valence-electron chi connectivity index (χ3n) is 4.85. The fourth-order valence-corrected chi connectivity index (χ4v) is 3.54. The average molecular weight is 427 g/mol. The maximum atomic E-state index is 5.84. The van der Waals surface area contributed by atoms with Gasteiger partial charge >= 0.3 is 0 Å². The lowest BCUT2D eigenvalue weighted by Gasteiger charge is -2.55. The molecule has 1 aliphatic carbocycles. The number of thioether (sulfide) groups is 1. The number of hydrogen-bond acceptors (Lipinski definition) is 3. The maximum Gasteiger partial charge on any atom is 0.191 e. The zero-order chi connectivity index (χ0) is 15.0. The molecule has 21 heavy (non-hydrogen) atoms. The summed E-state index contributed by atoms with van der Waals surface area (Å²) in [6.07, 6.45) is 3.73. The predicted octanol–water partition coefficient (Wildman–Crippen LogP) is 2.72. The smallest absolute Gasteiger partial charge is 0.191 e. The highest BCUT2D eigenvalue weighted by atomic mass is 127. The van der Waals surface area contributed by atoms with E-state index >= 15 is 0 Å². The van der Waals surface area contributed by atoms with Crippen LogP contribution in [-0.4, -0.2) is 49.3 Å². The Hall–Kier alpha value is 0.310. The summed E-state index contributed by atoms with van der Waals surface area (Å²) in [6, 6.07) is 0.457. The molecule has 1 saturated carbocycles. The number of halogens is 1. The number of hydrogen-bond donors (Lipinski definition) is 2. The molecule has 0 amide bonds. The van der Waals surface area contributed by atoms with Crippen LogP contribution in [0.15, 0.2) is 4.99 Å². The van der Waals surface area contributed by atoms with Crippen molar-refractivity contribution in [2.45, 2.75) is 51.0 Å². The minimum atomic E-state index is 0. The summed E-state index contributed by atoms with van der Waals surface area (Å²) in [6.45, 7) is 10.9. The summed E-state index contributed by atoms with van der Waals surface area (Å²) in [5.74, 6) is 1.55. The van der Waals surface area contributed by atoms with Crippen molar-refractivity contribution in [2.24, 2.45) is 16.3 Å². The first kappa shape index (κ1) is 19.4. The van der Waals surface area contributed by atoms with E-state index in [0.29, 0.717) is 18.1 Å². The second kappa shape index (κ2) is 7.25. The van der Waals surface area contributed by atoms with Crippen molar-refractivity contribution >= 4 is 41.7 Å². The molecule has 6 heteroatoms. The van der Waals surface area contributed by atoms with Gasteiger partial charge in [-0.2, -0.15) is 11.8 Å². The van der Waals surface area contributed by atoms with Gasteiger partial charge in [-0.15, -0.1) is 24.0 Å². The number of nitrogens with one attached hydrogen (secondary N) is 2.